The molecule has 1 fully saturated rings. The lowest BCUT2D eigenvalue weighted by molar-refractivity contribution is -0.256. The molecule has 1 aliphatic rings. The topological polar surface area (TPSA) is 80.3 Å². The average Bonchev–Trinajstić information content (AvgIpc) is 3.07. The number of sulfone groups is 1. The molecule has 5 atom stereocenters. The molecule has 1 aliphatic heterocycles. The molecule has 7 nitrogen and oxygen atoms in total. The molecule has 4 aromatic carbocycles. The van der Waals surface area contributed by atoms with Gasteiger partial charge in [-0.15, -0.1) is 0 Å². The Morgan fingerprint density at radius 2 is 1.00 bits per heavy atom. The standard InChI is InChI=1S/C38H42O7S/c1-29(2)28-46(39,40)38-37(44-26-33-21-13-6-14-22-33)36(43-25-32-19-11-5-12-20-32)35(42-24-31-17-9-4-10-18-31)34(45-38)27-41-23-30-15-7-3-8-16-30/h3-22,34-38H,1,23-28H2,2H3. The van der Waals surface area contributed by atoms with Crippen molar-refractivity contribution in [3.05, 3.63) is 156 Å². The summed E-state index contributed by atoms with van der Waals surface area (Å²) in [4.78, 5) is 0. The van der Waals surface area contributed by atoms with E-state index in [4.69, 9.17) is 23.7 Å². The van der Waals surface area contributed by atoms with Crippen LogP contribution in [0.1, 0.15) is 29.2 Å². The van der Waals surface area contributed by atoms with E-state index in [2.05, 4.69) is 6.58 Å². The van der Waals surface area contributed by atoms with E-state index in [9.17, 15) is 8.42 Å². The van der Waals surface area contributed by atoms with Crippen molar-refractivity contribution in [2.75, 3.05) is 12.4 Å². The van der Waals surface area contributed by atoms with E-state index in [0.29, 0.717) is 12.2 Å². The van der Waals surface area contributed by atoms with E-state index in [1.165, 1.54) is 0 Å². The van der Waals surface area contributed by atoms with Gasteiger partial charge < -0.3 is 23.7 Å². The van der Waals surface area contributed by atoms with Crippen LogP contribution in [-0.4, -0.2) is 50.6 Å². The zero-order valence-corrected chi connectivity index (χ0v) is 27.0. The molecule has 0 N–H and O–H groups in total. The van der Waals surface area contributed by atoms with Gasteiger partial charge in [-0.3, -0.25) is 0 Å². The second-order valence-corrected chi connectivity index (χ2v) is 13.7. The van der Waals surface area contributed by atoms with Crippen LogP contribution in [-0.2, 0) is 59.9 Å². The van der Waals surface area contributed by atoms with Gasteiger partial charge in [0.2, 0.25) is 0 Å². The monoisotopic (exact) mass is 642 g/mol. The first kappa shape index (κ1) is 33.7. The highest BCUT2D eigenvalue weighted by Gasteiger charge is 2.52. The van der Waals surface area contributed by atoms with E-state index in [0.717, 1.165) is 22.3 Å². The number of rotatable bonds is 16. The van der Waals surface area contributed by atoms with E-state index in [1.54, 1.807) is 6.92 Å². The summed E-state index contributed by atoms with van der Waals surface area (Å²) in [5, 5.41) is 0. The highest BCUT2D eigenvalue weighted by atomic mass is 32.2. The molecule has 0 amide bonds. The zero-order valence-electron chi connectivity index (χ0n) is 26.1. The molecule has 0 saturated carbocycles. The Labute approximate surface area is 272 Å². The number of hydrogen-bond donors (Lipinski definition) is 0. The number of hydrogen-bond acceptors (Lipinski definition) is 7. The fourth-order valence-corrected chi connectivity index (χ4v) is 7.27. The minimum absolute atomic E-state index is 0.0873. The molecular formula is C38H42O7S. The second kappa shape index (κ2) is 16.8. The Morgan fingerprint density at radius 3 is 1.43 bits per heavy atom. The van der Waals surface area contributed by atoms with Crippen LogP contribution in [0.2, 0.25) is 0 Å². The van der Waals surface area contributed by atoms with Crippen molar-refractivity contribution in [1.82, 2.24) is 0 Å². The predicted molar refractivity (Wildman–Crippen MR) is 178 cm³/mol. The Balaban J connectivity index is 1.49. The quantitative estimate of drug-likeness (QED) is 0.126. The highest BCUT2D eigenvalue weighted by Crippen LogP contribution is 2.34. The van der Waals surface area contributed by atoms with Gasteiger partial charge in [0.25, 0.3) is 0 Å². The van der Waals surface area contributed by atoms with Gasteiger partial charge in [-0.1, -0.05) is 133 Å². The molecule has 8 heteroatoms. The largest absolute Gasteiger partial charge is 0.374 e. The molecule has 0 radical (unpaired) electrons. The van der Waals surface area contributed by atoms with Crippen LogP contribution in [0.3, 0.4) is 0 Å². The lowest BCUT2D eigenvalue weighted by Gasteiger charge is -2.45. The molecule has 0 bridgehead atoms. The highest BCUT2D eigenvalue weighted by molar-refractivity contribution is 7.92. The zero-order chi connectivity index (χ0) is 32.2. The summed E-state index contributed by atoms with van der Waals surface area (Å²) in [6.07, 6.45) is -3.29. The van der Waals surface area contributed by atoms with E-state index in [1.807, 2.05) is 121 Å². The Bertz CT molecular complexity index is 1580. The van der Waals surface area contributed by atoms with Gasteiger partial charge in [0, 0.05) is 0 Å². The summed E-state index contributed by atoms with van der Waals surface area (Å²) in [7, 11) is -3.89. The maximum absolute atomic E-state index is 14.0. The van der Waals surface area contributed by atoms with Crippen LogP contribution in [0.5, 0.6) is 0 Å². The summed E-state index contributed by atoms with van der Waals surface area (Å²) >= 11 is 0. The van der Waals surface area contributed by atoms with Crippen LogP contribution in [0.25, 0.3) is 0 Å². The van der Waals surface area contributed by atoms with Gasteiger partial charge in [0.15, 0.2) is 15.3 Å². The summed E-state index contributed by atoms with van der Waals surface area (Å²) < 4.78 is 60.2. The van der Waals surface area contributed by atoms with Crippen LogP contribution < -0.4 is 0 Å². The molecule has 242 valence electrons. The Hall–Kier alpha value is -3.63. The predicted octanol–water partition coefficient (Wildman–Crippen LogP) is 6.68. The molecule has 0 aromatic heterocycles. The molecule has 1 saturated heterocycles. The van der Waals surface area contributed by atoms with Crippen molar-refractivity contribution >= 4 is 9.84 Å². The molecule has 46 heavy (non-hydrogen) atoms. The van der Waals surface area contributed by atoms with Crippen molar-refractivity contribution in [2.45, 2.75) is 63.2 Å². The lowest BCUT2D eigenvalue weighted by atomic mass is 9.98. The van der Waals surface area contributed by atoms with E-state index >= 15 is 0 Å². The van der Waals surface area contributed by atoms with Crippen LogP contribution in [0, 0.1) is 0 Å². The van der Waals surface area contributed by atoms with Crippen molar-refractivity contribution in [3.63, 3.8) is 0 Å². The van der Waals surface area contributed by atoms with E-state index < -0.39 is 39.7 Å². The van der Waals surface area contributed by atoms with Gasteiger partial charge in [-0.2, -0.15) is 0 Å². The number of benzene rings is 4. The molecule has 0 spiro atoms. The van der Waals surface area contributed by atoms with Crippen LogP contribution >= 0.6 is 0 Å². The van der Waals surface area contributed by atoms with E-state index in [-0.39, 0.29) is 32.2 Å². The minimum atomic E-state index is -3.89. The SMILES string of the molecule is C=C(C)CS(=O)(=O)C1OC(COCc2ccccc2)C(OCc2ccccc2)C(OCc2ccccc2)C1OCc1ccccc1. The van der Waals surface area contributed by atoms with Crippen molar-refractivity contribution in [1.29, 1.82) is 0 Å². The minimum Gasteiger partial charge on any atom is -0.374 e. The molecule has 1 heterocycles. The third kappa shape index (κ3) is 9.69. The Morgan fingerprint density at radius 1 is 0.609 bits per heavy atom. The lowest BCUT2D eigenvalue weighted by Crippen LogP contribution is -2.63. The molecule has 5 rings (SSSR count). The fourth-order valence-electron chi connectivity index (χ4n) is 5.46. The van der Waals surface area contributed by atoms with Gasteiger partial charge in [-0.25, -0.2) is 8.42 Å². The van der Waals surface area contributed by atoms with Crippen LogP contribution in [0.15, 0.2) is 133 Å². The van der Waals surface area contributed by atoms with Gasteiger partial charge in [-0.05, 0) is 29.2 Å². The Kier molecular flexibility index (Phi) is 12.3. The number of ether oxygens (including phenoxy) is 5. The molecular weight excluding hydrogens is 600 g/mol. The smallest absolute Gasteiger partial charge is 0.188 e. The van der Waals surface area contributed by atoms with Gasteiger partial charge >= 0.3 is 0 Å². The average molecular weight is 643 g/mol. The fraction of sp³-hybridized carbons (Fsp3) is 0.316. The van der Waals surface area contributed by atoms with Gasteiger partial charge in [0.1, 0.15) is 24.4 Å². The first-order chi connectivity index (χ1) is 22.4. The van der Waals surface area contributed by atoms with Crippen LogP contribution in [0.4, 0.5) is 0 Å². The summed E-state index contributed by atoms with van der Waals surface area (Å²) in [5.41, 5.74) is 2.97. The maximum atomic E-state index is 14.0. The summed E-state index contributed by atoms with van der Waals surface area (Å²) in [6, 6.07) is 39.0. The van der Waals surface area contributed by atoms with Crippen molar-refractivity contribution in [3.8, 4) is 0 Å². The summed E-state index contributed by atoms with van der Waals surface area (Å²) in [5.74, 6) is -0.249. The second-order valence-electron chi connectivity index (χ2n) is 11.6. The molecule has 5 unspecified atom stereocenters. The van der Waals surface area contributed by atoms with Crippen molar-refractivity contribution in [2.24, 2.45) is 0 Å². The first-order valence-electron chi connectivity index (χ1n) is 15.5. The normalized spacial score (nSPS) is 21.5. The maximum Gasteiger partial charge on any atom is 0.188 e. The van der Waals surface area contributed by atoms with Gasteiger partial charge in [0.05, 0.1) is 38.8 Å². The molecule has 4 aromatic rings. The third-order valence-corrected chi connectivity index (χ3v) is 9.62. The molecule has 0 aliphatic carbocycles. The third-order valence-electron chi connectivity index (χ3n) is 7.64. The van der Waals surface area contributed by atoms with Crippen molar-refractivity contribution < 1.29 is 32.1 Å². The summed E-state index contributed by atoms with van der Waals surface area (Å²) in [6.45, 7) is 6.65. The first-order valence-corrected chi connectivity index (χ1v) is 17.2.